The van der Waals surface area contributed by atoms with Gasteiger partial charge in [0.1, 0.15) is 18.1 Å². The highest BCUT2D eigenvalue weighted by Crippen LogP contribution is 2.45. The number of nitrogens with zero attached hydrogens (tertiary/aromatic N) is 4. The Kier molecular flexibility index (Phi) is 4.93. The minimum atomic E-state index is -1.16. The lowest BCUT2D eigenvalue weighted by atomic mass is 9.67. The molecule has 174 valence electrons. The van der Waals surface area contributed by atoms with Crippen LogP contribution in [0.25, 0.3) is 21.9 Å². The zero-order chi connectivity index (χ0) is 24.2. The molecule has 1 aromatic carbocycles. The van der Waals surface area contributed by atoms with E-state index in [9.17, 15) is 15.2 Å². The summed E-state index contributed by atoms with van der Waals surface area (Å²) in [6.45, 7) is 4.78. The fraction of sp³-hybridized carbons (Fsp3) is 0.333. The van der Waals surface area contributed by atoms with Gasteiger partial charge in [0.25, 0.3) is 0 Å². The van der Waals surface area contributed by atoms with E-state index in [1.807, 2.05) is 13.8 Å². The molecule has 1 aliphatic heterocycles. The Morgan fingerprint density at radius 2 is 2.12 bits per heavy atom. The molecule has 0 spiro atoms. The van der Waals surface area contributed by atoms with Crippen LogP contribution in [0.5, 0.6) is 5.88 Å². The first-order chi connectivity index (χ1) is 16.2. The van der Waals surface area contributed by atoms with E-state index in [0.717, 1.165) is 5.56 Å². The summed E-state index contributed by atoms with van der Waals surface area (Å²) in [5.74, 6) is 0.0786. The van der Waals surface area contributed by atoms with Gasteiger partial charge in [-0.2, -0.15) is 5.26 Å². The van der Waals surface area contributed by atoms with Crippen LogP contribution in [-0.2, 0) is 0 Å². The number of nitrogen functional groups attached to an aromatic ring is 1. The number of carboxylic acid groups (broad SMARTS) is 1. The molecule has 10 heteroatoms. The quantitative estimate of drug-likeness (QED) is 0.490. The number of fused-ring (bicyclic) bond motifs is 2. The zero-order valence-electron chi connectivity index (χ0n) is 18.7. The number of pyridine rings is 2. The normalized spacial score (nSPS) is 20.9. The smallest absolute Gasteiger partial charge is 0.413 e. The van der Waals surface area contributed by atoms with E-state index in [1.54, 1.807) is 18.3 Å². The van der Waals surface area contributed by atoms with Gasteiger partial charge in [-0.3, -0.25) is 4.90 Å². The van der Waals surface area contributed by atoms with Crippen LogP contribution in [0.4, 0.5) is 26.4 Å². The lowest BCUT2D eigenvalue weighted by Crippen LogP contribution is -2.51. The summed E-state index contributed by atoms with van der Waals surface area (Å²) in [6.07, 6.45) is 2.61. The topological polar surface area (TPSA) is 137 Å². The highest BCUT2D eigenvalue weighted by Gasteiger charge is 2.46. The van der Waals surface area contributed by atoms with Crippen LogP contribution in [0.15, 0.2) is 24.5 Å². The van der Waals surface area contributed by atoms with Crippen molar-refractivity contribution in [1.82, 2.24) is 9.97 Å². The molecule has 2 aliphatic rings. The van der Waals surface area contributed by atoms with Crippen molar-refractivity contribution in [2.75, 3.05) is 29.1 Å². The van der Waals surface area contributed by atoms with Gasteiger partial charge in [-0.15, -0.1) is 0 Å². The average molecular weight is 462 g/mol. The number of amides is 1. The summed E-state index contributed by atoms with van der Waals surface area (Å²) >= 11 is 0. The van der Waals surface area contributed by atoms with Gasteiger partial charge in [-0.25, -0.2) is 19.2 Å². The van der Waals surface area contributed by atoms with Crippen molar-refractivity contribution in [1.29, 1.82) is 5.26 Å². The summed E-state index contributed by atoms with van der Waals surface area (Å²) in [7, 11) is 0. The third kappa shape index (κ3) is 3.32. The minimum absolute atomic E-state index is 0.0737. The molecule has 0 atom stereocenters. The van der Waals surface area contributed by atoms with Crippen molar-refractivity contribution in [3.8, 4) is 23.1 Å². The second-order valence-corrected chi connectivity index (χ2v) is 9.05. The maximum absolute atomic E-state index is 15.4. The van der Waals surface area contributed by atoms with E-state index in [-0.39, 0.29) is 23.1 Å². The number of anilines is 3. The Bertz CT molecular complexity index is 1380. The number of ether oxygens (including phenoxy) is 1. The molecule has 9 nitrogen and oxygen atoms in total. The number of nitriles is 1. The molecule has 2 aromatic heterocycles. The van der Waals surface area contributed by atoms with Gasteiger partial charge < -0.3 is 20.9 Å². The number of halogens is 1. The van der Waals surface area contributed by atoms with Gasteiger partial charge in [0.2, 0.25) is 5.88 Å². The largest absolute Gasteiger partial charge is 0.474 e. The van der Waals surface area contributed by atoms with E-state index in [1.165, 1.54) is 11.1 Å². The predicted molar refractivity (Wildman–Crippen MR) is 125 cm³/mol. The second kappa shape index (κ2) is 7.73. The van der Waals surface area contributed by atoms with Crippen molar-refractivity contribution >= 4 is 34.1 Å². The van der Waals surface area contributed by atoms with Crippen LogP contribution >= 0.6 is 0 Å². The fourth-order valence-corrected chi connectivity index (χ4v) is 4.80. The molecule has 3 heterocycles. The van der Waals surface area contributed by atoms with E-state index >= 15 is 4.39 Å². The molecule has 0 unspecified atom stereocenters. The Hall–Kier alpha value is -4.13. The highest BCUT2D eigenvalue weighted by molar-refractivity contribution is 6.00. The summed E-state index contributed by atoms with van der Waals surface area (Å²) < 4.78 is 20.9. The number of hydrogen-bond donors (Lipinski definition) is 3. The first kappa shape index (κ1) is 21.7. The predicted octanol–water partition coefficient (Wildman–Crippen LogP) is 4.31. The zero-order valence-corrected chi connectivity index (χ0v) is 18.7. The Labute approximate surface area is 195 Å². The van der Waals surface area contributed by atoms with Crippen LogP contribution < -0.4 is 20.7 Å². The van der Waals surface area contributed by atoms with Crippen LogP contribution in [-0.4, -0.2) is 40.4 Å². The van der Waals surface area contributed by atoms with Crippen molar-refractivity contribution in [2.45, 2.75) is 32.7 Å². The minimum Gasteiger partial charge on any atom is -0.474 e. The molecule has 5 rings (SSSR count). The molecule has 4 N–H and O–H groups in total. The third-order valence-electron chi connectivity index (χ3n) is 6.68. The van der Waals surface area contributed by atoms with Gasteiger partial charge in [-0.05, 0) is 49.8 Å². The number of carbonyl (C=O) groups is 1. The number of nitrogens with two attached hydrogens (primary N) is 1. The highest BCUT2D eigenvalue weighted by atomic mass is 19.1. The first-order valence-electron chi connectivity index (χ1n) is 10.9. The molecular weight excluding hydrogens is 439 g/mol. The van der Waals surface area contributed by atoms with Crippen LogP contribution in [0.1, 0.15) is 25.3 Å². The molecule has 0 bridgehead atoms. The second-order valence-electron chi connectivity index (χ2n) is 9.05. The molecule has 3 aromatic rings. The summed E-state index contributed by atoms with van der Waals surface area (Å²) in [4.78, 5) is 21.8. The molecular formula is C24H23FN6O3. The molecule has 1 amide bonds. The number of rotatable bonds is 3. The lowest BCUT2D eigenvalue weighted by molar-refractivity contribution is 0.164. The van der Waals surface area contributed by atoms with Gasteiger partial charge in [0.15, 0.2) is 5.82 Å². The third-order valence-corrected chi connectivity index (χ3v) is 6.68. The van der Waals surface area contributed by atoms with E-state index in [0.29, 0.717) is 53.9 Å². The molecule has 0 saturated heterocycles. The molecule has 1 saturated carbocycles. The maximum atomic E-state index is 15.4. The Morgan fingerprint density at radius 1 is 1.35 bits per heavy atom. The lowest BCUT2D eigenvalue weighted by Gasteiger charge is -2.44. The number of nitrogens with one attached hydrogen (secondary N) is 1. The Balaban J connectivity index is 1.61. The Morgan fingerprint density at radius 3 is 2.82 bits per heavy atom. The number of benzene rings is 1. The van der Waals surface area contributed by atoms with E-state index in [4.69, 9.17) is 10.5 Å². The van der Waals surface area contributed by atoms with Gasteiger partial charge in [0, 0.05) is 41.5 Å². The monoisotopic (exact) mass is 462 g/mol. The maximum Gasteiger partial charge on any atom is 0.413 e. The molecule has 1 aliphatic carbocycles. The SMILES string of the molecule is Cc1c(-c2cc3cc(N(C(=O)O)C4CC(C)(C#N)C4)ncc3c(N)c2F)cnc2c1NCCO2. The van der Waals surface area contributed by atoms with Crippen molar-refractivity contribution in [3.63, 3.8) is 0 Å². The summed E-state index contributed by atoms with van der Waals surface area (Å²) in [5, 5.41) is 23.3. The standard InChI is InChI=1S/C24H23FN6O3/c1-12-16(9-30-22-21(12)28-3-4-34-22)15-5-13-6-18(29-10-17(13)20(27)19(15)25)31(23(32)33)14-7-24(2,8-14)11-26/h5-6,9-10,14,28H,3-4,7-8,27H2,1-2H3,(H,32,33). The van der Waals surface area contributed by atoms with Gasteiger partial charge in [0.05, 0.1) is 17.2 Å². The number of hydrogen-bond acceptors (Lipinski definition) is 7. The van der Waals surface area contributed by atoms with Crippen molar-refractivity contribution in [3.05, 3.63) is 35.9 Å². The van der Waals surface area contributed by atoms with Crippen molar-refractivity contribution < 1.29 is 19.0 Å². The van der Waals surface area contributed by atoms with E-state index < -0.39 is 17.3 Å². The van der Waals surface area contributed by atoms with Crippen LogP contribution in [0.3, 0.4) is 0 Å². The summed E-state index contributed by atoms with van der Waals surface area (Å²) in [6, 6.07) is 5.09. The van der Waals surface area contributed by atoms with Crippen molar-refractivity contribution in [2.24, 2.45) is 5.41 Å². The fourth-order valence-electron chi connectivity index (χ4n) is 4.80. The summed E-state index contributed by atoms with van der Waals surface area (Å²) in [5.41, 5.74) is 7.81. The van der Waals surface area contributed by atoms with Gasteiger partial charge in [-0.1, -0.05) is 0 Å². The molecule has 34 heavy (non-hydrogen) atoms. The first-order valence-corrected chi connectivity index (χ1v) is 10.9. The van der Waals surface area contributed by atoms with Gasteiger partial charge >= 0.3 is 6.09 Å². The number of aromatic nitrogens is 2. The van der Waals surface area contributed by atoms with Crippen LogP contribution in [0.2, 0.25) is 0 Å². The molecule has 0 radical (unpaired) electrons. The molecule has 1 fully saturated rings. The van der Waals surface area contributed by atoms with E-state index in [2.05, 4.69) is 21.4 Å². The van der Waals surface area contributed by atoms with Crippen LogP contribution in [0, 0.1) is 29.5 Å². The average Bonchev–Trinajstić information content (AvgIpc) is 2.80.